The molecule has 4 aromatic rings. The Hall–Kier alpha value is -2.20. The van der Waals surface area contributed by atoms with Crippen LogP contribution in [0.3, 0.4) is 0 Å². The highest BCUT2D eigenvalue weighted by Crippen LogP contribution is 2.34. The summed E-state index contributed by atoms with van der Waals surface area (Å²) in [6.45, 7) is 0. The molecule has 0 spiro atoms. The molecule has 1 heterocycles. The van der Waals surface area contributed by atoms with Gasteiger partial charge in [-0.15, -0.1) is 0 Å². The van der Waals surface area contributed by atoms with E-state index in [9.17, 15) is 4.79 Å². The van der Waals surface area contributed by atoms with E-state index in [1.807, 2.05) is 78.9 Å². The maximum absolute atomic E-state index is 13.3. The molecule has 0 saturated heterocycles. The maximum atomic E-state index is 13.3. The van der Waals surface area contributed by atoms with Crippen LogP contribution in [0.15, 0.2) is 85.1 Å². The van der Waals surface area contributed by atoms with Crippen LogP contribution in [0.25, 0.3) is 10.9 Å². The molecule has 0 bridgehead atoms. The number of hydrogen-bond donors (Lipinski definition) is 0. The fourth-order valence-corrected chi connectivity index (χ4v) is 4.91. The highest BCUT2D eigenvalue weighted by atomic mass is 127. The molecular weight excluding hydrogens is 578 g/mol. The summed E-state index contributed by atoms with van der Waals surface area (Å²) in [6, 6.07) is 24.8. The average molecular weight is 592 g/mol. The van der Waals surface area contributed by atoms with Crippen LogP contribution in [0.1, 0.15) is 0 Å². The van der Waals surface area contributed by atoms with Crippen molar-refractivity contribution in [3.05, 3.63) is 92.2 Å². The van der Waals surface area contributed by atoms with Crippen LogP contribution >= 0.6 is 45.2 Å². The van der Waals surface area contributed by atoms with Crippen LogP contribution in [-0.2, 0) is 0 Å². The lowest BCUT2D eigenvalue weighted by molar-refractivity contribution is 0.210. The molecule has 0 aliphatic carbocycles. The first-order valence-corrected chi connectivity index (χ1v) is 10.7. The normalized spacial score (nSPS) is 10.6. The SMILES string of the molecule is O=C(Oc1c(I)cc(I)c2cccnc12)N(c1ccccc1)c1ccccc1. The lowest BCUT2D eigenvalue weighted by Gasteiger charge is -2.23. The molecule has 0 atom stereocenters. The number of para-hydroxylation sites is 2. The number of benzene rings is 3. The van der Waals surface area contributed by atoms with E-state index in [0.29, 0.717) is 11.3 Å². The number of fused-ring (bicyclic) bond motifs is 1. The number of carbonyl (C=O) groups is 1. The van der Waals surface area contributed by atoms with E-state index in [1.54, 1.807) is 11.1 Å². The molecule has 0 aliphatic rings. The minimum Gasteiger partial charge on any atom is -0.406 e. The van der Waals surface area contributed by atoms with E-state index >= 15 is 0 Å². The van der Waals surface area contributed by atoms with E-state index in [2.05, 4.69) is 50.2 Å². The molecule has 6 heteroatoms. The van der Waals surface area contributed by atoms with Crippen molar-refractivity contribution in [2.45, 2.75) is 0 Å². The first-order chi connectivity index (χ1) is 13.6. The van der Waals surface area contributed by atoms with Crippen molar-refractivity contribution in [2.75, 3.05) is 4.90 Å². The third-order valence-corrected chi connectivity index (χ3v) is 5.84. The summed E-state index contributed by atoms with van der Waals surface area (Å²) in [5.41, 5.74) is 2.14. The number of rotatable bonds is 3. The molecule has 0 N–H and O–H groups in total. The number of amides is 1. The van der Waals surface area contributed by atoms with Crippen molar-refractivity contribution in [2.24, 2.45) is 0 Å². The molecule has 0 saturated carbocycles. The fraction of sp³-hybridized carbons (Fsp3) is 0. The molecule has 4 rings (SSSR count). The Bertz CT molecular complexity index is 1100. The number of anilines is 2. The predicted octanol–water partition coefficient (Wildman–Crippen LogP) is 6.78. The number of pyridine rings is 1. The Morgan fingerprint density at radius 3 is 2.04 bits per heavy atom. The Morgan fingerprint density at radius 2 is 1.43 bits per heavy atom. The first-order valence-electron chi connectivity index (χ1n) is 8.50. The number of carbonyl (C=O) groups excluding carboxylic acids is 1. The summed E-state index contributed by atoms with van der Waals surface area (Å²) < 4.78 is 7.80. The molecule has 0 fully saturated rings. The topological polar surface area (TPSA) is 42.4 Å². The molecule has 138 valence electrons. The minimum atomic E-state index is -0.483. The van der Waals surface area contributed by atoms with Crippen LogP contribution < -0.4 is 9.64 Å². The third kappa shape index (κ3) is 3.83. The first kappa shape index (κ1) is 19.1. The monoisotopic (exact) mass is 592 g/mol. The Kier molecular flexibility index (Phi) is 5.77. The van der Waals surface area contributed by atoms with Crippen molar-refractivity contribution in [1.29, 1.82) is 0 Å². The number of hydrogen-bond acceptors (Lipinski definition) is 3. The second-order valence-corrected chi connectivity index (χ2v) is 8.27. The predicted molar refractivity (Wildman–Crippen MR) is 128 cm³/mol. The second kappa shape index (κ2) is 8.44. The summed E-state index contributed by atoms with van der Waals surface area (Å²) in [6.07, 6.45) is 1.22. The molecule has 4 nitrogen and oxygen atoms in total. The van der Waals surface area contributed by atoms with Gasteiger partial charge < -0.3 is 4.74 Å². The number of nitrogens with zero attached hydrogens (tertiary/aromatic N) is 2. The van der Waals surface area contributed by atoms with Gasteiger partial charge >= 0.3 is 6.09 Å². The second-order valence-electron chi connectivity index (χ2n) is 5.94. The van der Waals surface area contributed by atoms with Crippen LogP contribution in [0.4, 0.5) is 16.2 Å². The van der Waals surface area contributed by atoms with Gasteiger partial charge in [0.2, 0.25) is 0 Å². The summed E-state index contributed by atoms with van der Waals surface area (Å²) in [7, 11) is 0. The van der Waals surface area contributed by atoms with E-state index in [1.165, 1.54) is 0 Å². The van der Waals surface area contributed by atoms with E-state index in [0.717, 1.165) is 23.9 Å². The highest BCUT2D eigenvalue weighted by Gasteiger charge is 2.23. The van der Waals surface area contributed by atoms with Crippen molar-refractivity contribution in [3.63, 3.8) is 0 Å². The zero-order chi connectivity index (χ0) is 19.5. The van der Waals surface area contributed by atoms with Gasteiger partial charge in [-0.3, -0.25) is 4.98 Å². The molecule has 0 unspecified atom stereocenters. The zero-order valence-electron chi connectivity index (χ0n) is 14.5. The average Bonchev–Trinajstić information content (AvgIpc) is 2.73. The summed E-state index contributed by atoms with van der Waals surface area (Å²) in [4.78, 5) is 19.3. The lowest BCUT2D eigenvalue weighted by atomic mass is 10.2. The number of halogens is 2. The van der Waals surface area contributed by atoms with Gasteiger partial charge in [0.25, 0.3) is 0 Å². The van der Waals surface area contributed by atoms with Crippen molar-refractivity contribution >= 4 is 73.6 Å². The summed E-state index contributed by atoms with van der Waals surface area (Å²) in [5, 5.41) is 0.956. The molecular formula is C22H14I2N2O2. The van der Waals surface area contributed by atoms with Crippen molar-refractivity contribution < 1.29 is 9.53 Å². The molecule has 0 aliphatic heterocycles. The van der Waals surface area contributed by atoms with Crippen LogP contribution in [-0.4, -0.2) is 11.1 Å². The Morgan fingerprint density at radius 1 is 0.821 bits per heavy atom. The fourth-order valence-electron chi connectivity index (χ4n) is 2.89. The summed E-state index contributed by atoms with van der Waals surface area (Å²) in [5.74, 6) is 0.471. The smallest absolute Gasteiger partial charge is 0.406 e. The number of ether oxygens (including phenoxy) is 1. The van der Waals surface area contributed by atoms with Gasteiger partial charge in [0.05, 0.1) is 14.9 Å². The summed E-state index contributed by atoms with van der Waals surface area (Å²) >= 11 is 4.45. The standard InChI is InChI=1S/C22H14I2N2O2/c23-18-14-19(24)21(20-17(18)12-7-13-25-20)28-22(27)26(15-8-3-1-4-9-15)16-10-5-2-6-11-16/h1-14H. The van der Waals surface area contributed by atoms with Gasteiger partial charge in [-0.05, 0) is 81.6 Å². The third-order valence-electron chi connectivity index (χ3n) is 4.15. The molecule has 28 heavy (non-hydrogen) atoms. The minimum absolute atomic E-state index is 0.471. The van der Waals surface area contributed by atoms with Gasteiger partial charge in [0.15, 0.2) is 5.75 Å². The van der Waals surface area contributed by atoms with Crippen molar-refractivity contribution in [1.82, 2.24) is 4.98 Å². The molecule has 0 radical (unpaired) electrons. The Labute approximate surface area is 189 Å². The van der Waals surface area contributed by atoms with E-state index in [-0.39, 0.29) is 0 Å². The molecule has 1 amide bonds. The largest absolute Gasteiger partial charge is 0.424 e. The van der Waals surface area contributed by atoms with E-state index < -0.39 is 6.09 Å². The zero-order valence-corrected chi connectivity index (χ0v) is 18.9. The lowest BCUT2D eigenvalue weighted by Crippen LogP contribution is -2.29. The quantitative estimate of drug-likeness (QED) is 0.247. The van der Waals surface area contributed by atoms with Gasteiger partial charge in [0.1, 0.15) is 5.52 Å². The number of aromatic nitrogens is 1. The van der Waals surface area contributed by atoms with Gasteiger partial charge in [0, 0.05) is 15.2 Å². The molecule has 3 aromatic carbocycles. The van der Waals surface area contributed by atoms with Crippen LogP contribution in [0, 0.1) is 7.14 Å². The van der Waals surface area contributed by atoms with E-state index in [4.69, 9.17) is 4.74 Å². The molecule has 1 aromatic heterocycles. The maximum Gasteiger partial charge on any atom is 0.424 e. The highest BCUT2D eigenvalue weighted by molar-refractivity contribution is 14.1. The van der Waals surface area contributed by atoms with Gasteiger partial charge in [-0.2, -0.15) is 0 Å². The Balaban J connectivity index is 1.79. The van der Waals surface area contributed by atoms with Crippen LogP contribution in [0.5, 0.6) is 5.75 Å². The van der Waals surface area contributed by atoms with Gasteiger partial charge in [-0.1, -0.05) is 42.5 Å². The van der Waals surface area contributed by atoms with Crippen LogP contribution in [0.2, 0.25) is 0 Å². The van der Waals surface area contributed by atoms with Gasteiger partial charge in [-0.25, -0.2) is 9.69 Å². The van der Waals surface area contributed by atoms with Crippen molar-refractivity contribution in [3.8, 4) is 5.75 Å².